The standard InChI is InChI=1S/C15H18N4O4S/c1-11(20)17-6-8-18(9-7-17)13(21)4-5-19-15(22)23-14(16-19)12-3-2-10-24-12/h2-3,10H,4-9H2,1H3. The number of aryl methyl sites for hydroxylation is 1. The molecule has 1 aliphatic rings. The van der Waals surface area contributed by atoms with E-state index in [1.807, 2.05) is 17.5 Å². The van der Waals surface area contributed by atoms with E-state index in [1.54, 1.807) is 9.80 Å². The van der Waals surface area contributed by atoms with E-state index >= 15 is 0 Å². The molecule has 9 heteroatoms. The van der Waals surface area contributed by atoms with Crippen LogP contribution in [0.15, 0.2) is 26.7 Å². The summed E-state index contributed by atoms with van der Waals surface area (Å²) >= 11 is 1.43. The Morgan fingerprint density at radius 3 is 2.58 bits per heavy atom. The first-order valence-corrected chi connectivity index (χ1v) is 8.57. The van der Waals surface area contributed by atoms with Crippen LogP contribution < -0.4 is 5.76 Å². The number of amides is 2. The van der Waals surface area contributed by atoms with Crippen LogP contribution in [-0.4, -0.2) is 57.6 Å². The molecule has 3 heterocycles. The van der Waals surface area contributed by atoms with Crippen molar-refractivity contribution < 1.29 is 14.0 Å². The van der Waals surface area contributed by atoms with Crippen LogP contribution in [0.5, 0.6) is 0 Å². The van der Waals surface area contributed by atoms with Crippen LogP contribution in [0.4, 0.5) is 0 Å². The van der Waals surface area contributed by atoms with Gasteiger partial charge in [0, 0.05) is 39.5 Å². The number of piperazine rings is 1. The Balaban J connectivity index is 1.55. The van der Waals surface area contributed by atoms with Crippen molar-refractivity contribution in [3.63, 3.8) is 0 Å². The molecule has 1 saturated heterocycles. The number of aromatic nitrogens is 2. The maximum atomic E-state index is 12.2. The molecule has 2 aromatic heterocycles. The van der Waals surface area contributed by atoms with E-state index in [0.29, 0.717) is 26.2 Å². The first-order chi connectivity index (χ1) is 11.5. The van der Waals surface area contributed by atoms with Crippen molar-refractivity contribution in [1.82, 2.24) is 19.6 Å². The normalized spacial score (nSPS) is 14.9. The van der Waals surface area contributed by atoms with Gasteiger partial charge in [0.1, 0.15) is 0 Å². The molecule has 0 radical (unpaired) electrons. The van der Waals surface area contributed by atoms with Crippen molar-refractivity contribution >= 4 is 23.2 Å². The highest BCUT2D eigenvalue weighted by Gasteiger charge is 2.22. The molecule has 8 nitrogen and oxygen atoms in total. The molecule has 0 aliphatic carbocycles. The quantitative estimate of drug-likeness (QED) is 0.808. The summed E-state index contributed by atoms with van der Waals surface area (Å²) in [5.41, 5.74) is 0. The largest absolute Gasteiger partial charge is 0.437 e. The number of rotatable bonds is 4. The monoisotopic (exact) mass is 350 g/mol. The lowest BCUT2D eigenvalue weighted by Crippen LogP contribution is -2.50. The molecule has 1 fully saturated rings. The van der Waals surface area contributed by atoms with Crippen LogP contribution in [0.2, 0.25) is 0 Å². The fraction of sp³-hybridized carbons (Fsp3) is 0.467. The molecule has 0 bridgehead atoms. The molecule has 0 unspecified atom stereocenters. The van der Waals surface area contributed by atoms with E-state index in [0.717, 1.165) is 4.88 Å². The van der Waals surface area contributed by atoms with Gasteiger partial charge in [-0.05, 0) is 11.4 Å². The molecule has 3 rings (SSSR count). The molecule has 0 atom stereocenters. The number of hydrogen-bond donors (Lipinski definition) is 0. The average Bonchev–Trinajstić information content (AvgIpc) is 3.22. The zero-order valence-electron chi connectivity index (χ0n) is 13.3. The lowest BCUT2D eigenvalue weighted by molar-refractivity contribution is -0.138. The zero-order valence-corrected chi connectivity index (χ0v) is 14.1. The van der Waals surface area contributed by atoms with Gasteiger partial charge in [0.05, 0.1) is 11.4 Å². The summed E-state index contributed by atoms with van der Waals surface area (Å²) in [6, 6.07) is 3.67. The Labute approximate surface area is 142 Å². The van der Waals surface area contributed by atoms with Gasteiger partial charge >= 0.3 is 5.76 Å². The average molecular weight is 350 g/mol. The predicted molar refractivity (Wildman–Crippen MR) is 87.5 cm³/mol. The Bertz CT molecular complexity index is 772. The minimum Gasteiger partial charge on any atom is -0.387 e. The summed E-state index contributed by atoms with van der Waals surface area (Å²) in [6.07, 6.45) is 0.177. The van der Waals surface area contributed by atoms with Crippen LogP contribution in [0.25, 0.3) is 10.8 Å². The molecule has 0 N–H and O–H groups in total. The first kappa shape index (κ1) is 16.4. The van der Waals surface area contributed by atoms with Crippen molar-refractivity contribution in [2.45, 2.75) is 19.9 Å². The van der Waals surface area contributed by atoms with E-state index in [-0.39, 0.29) is 30.7 Å². The molecule has 1 aliphatic heterocycles. The smallest absolute Gasteiger partial charge is 0.387 e. The molecule has 0 aromatic carbocycles. The van der Waals surface area contributed by atoms with Gasteiger partial charge in [-0.3, -0.25) is 9.59 Å². The van der Waals surface area contributed by atoms with Crippen molar-refractivity contribution in [3.8, 4) is 10.8 Å². The van der Waals surface area contributed by atoms with Crippen molar-refractivity contribution in [2.75, 3.05) is 26.2 Å². The summed E-state index contributed by atoms with van der Waals surface area (Å²) in [5, 5.41) is 6.00. The van der Waals surface area contributed by atoms with Gasteiger partial charge in [-0.15, -0.1) is 16.4 Å². The lowest BCUT2D eigenvalue weighted by Gasteiger charge is -2.34. The van der Waals surface area contributed by atoms with Crippen LogP contribution in [0.1, 0.15) is 13.3 Å². The van der Waals surface area contributed by atoms with Crippen LogP contribution >= 0.6 is 11.3 Å². The predicted octanol–water partition coefficient (Wildman–Crippen LogP) is 0.646. The maximum Gasteiger partial charge on any atom is 0.437 e. The second-order valence-corrected chi connectivity index (χ2v) is 6.46. The van der Waals surface area contributed by atoms with Gasteiger partial charge in [-0.25, -0.2) is 4.79 Å². The Kier molecular flexibility index (Phi) is 4.79. The zero-order chi connectivity index (χ0) is 17.1. The fourth-order valence-electron chi connectivity index (χ4n) is 2.58. The van der Waals surface area contributed by atoms with Gasteiger partial charge in [0.15, 0.2) is 0 Å². The molecule has 2 amide bonds. The fourth-order valence-corrected chi connectivity index (χ4v) is 3.22. The molecular formula is C15H18N4O4S. The highest BCUT2D eigenvalue weighted by Crippen LogP contribution is 2.21. The van der Waals surface area contributed by atoms with Crippen LogP contribution in [-0.2, 0) is 16.1 Å². The third-order valence-electron chi connectivity index (χ3n) is 3.95. The highest BCUT2D eigenvalue weighted by atomic mass is 32.1. The van der Waals surface area contributed by atoms with E-state index in [2.05, 4.69) is 5.10 Å². The number of carbonyl (C=O) groups is 2. The Morgan fingerprint density at radius 1 is 1.25 bits per heavy atom. The van der Waals surface area contributed by atoms with Crippen molar-refractivity contribution in [2.24, 2.45) is 0 Å². The van der Waals surface area contributed by atoms with E-state index in [1.165, 1.54) is 22.9 Å². The van der Waals surface area contributed by atoms with Gasteiger partial charge in [0.25, 0.3) is 5.89 Å². The summed E-state index contributed by atoms with van der Waals surface area (Å²) in [7, 11) is 0. The lowest BCUT2D eigenvalue weighted by atomic mass is 10.2. The van der Waals surface area contributed by atoms with Gasteiger partial charge in [-0.2, -0.15) is 4.68 Å². The summed E-state index contributed by atoms with van der Waals surface area (Å²) in [4.78, 5) is 39.6. The number of nitrogens with zero attached hydrogens (tertiary/aromatic N) is 4. The van der Waals surface area contributed by atoms with Gasteiger partial charge in [-0.1, -0.05) is 6.07 Å². The molecule has 0 saturated carbocycles. The minimum atomic E-state index is -0.562. The van der Waals surface area contributed by atoms with Crippen LogP contribution in [0.3, 0.4) is 0 Å². The summed E-state index contributed by atoms with van der Waals surface area (Å²) in [5.74, 6) is -0.312. The van der Waals surface area contributed by atoms with Crippen molar-refractivity contribution in [3.05, 3.63) is 28.1 Å². The number of thiophene rings is 1. The summed E-state index contributed by atoms with van der Waals surface area (Å²) < 4.78 is 6.29. The molecule has 2 aromatic rings. The number of hydrogen-bond acceptors (Lipinski definition) is 6. The molecule has 24 heavy (non-hydrogen) atoms. The van der Waals surface area contributed by atoms with Gasteiger partial charge < -0.3 is 14.2 Å². The molecule has 128 valence electrons. The SMILES string of the molecule is CC(=O)N1CCN(C(=O)CCn2nc(-c3cccs3)oc2=O)CC1. The Morgan fingerprint density at radius 2 is 1.96 bits per heavy atom. The third kappa shape index (κ3) is 3.56. The van der Waals surface area contributed by atoms with Crippen LogP contribution in [0, 0.1) is 0 Å². The molecule has 0 spiro atoms. The highest BCUT2D eigenvalue weighted by molar-refractivity contribution is 7.13. The van der Waals surface area contributed by atoms with E-state index < -0.39 is 5.76 Å². The second kappa shape index (κ2) is 7.00. The minimum absolute atomic E-state index is 0.0253. The van der Waals surface area contributed by atoms with E-state index in [4.69, 9.17) is 4.42 Å². The van der Waals surface area contributed by atoms with Crippen molar-refractivity contribution in [1.29, 1.82) is 0 Å². The summed E-state index contributed by atoms with van der Waals surface area (Å²) in [6.45, 7) is 3.85. The number of carbonyl (C=O) groups excluding carboxylic acids is 2. The Hall–Kier alpha value is -2.42. The van der Waals surface area contributed by atoms with Gasteiger partial charge in [0.2, 0.25) is 11.8 Å². The third-order valence-corrected chi connectivity index (χ3v) is 4.81. The molecular weight excluding hydrogens is 332 g/mol. The maximum absolute atomic E-state index is 12.2. The first-order valence-electron chi connectivity index (χ1n) is 7.69. The topological polar surface area (TPSA) is 88.7 Å². The van der Waals surface area contributed by atoms with E-state index in [9.17, 15) is 14.4 Å². The second-order valence-electron chi connectivity index (χ2n) is 5.51.